The highest BCUT2D eigenvalue weighted by Crippen LogP contribution is 2.49. The molecular formula is C40H83O3P. The number of hydrogen-bond donors (Lipinski definition) is 0. The number of hydrogen-bond acceptors (Lipinski definition) is 3. The number of unbranched alkanes of at least 4 members (excludes halogenated alkanes) is 31. The van der Waals surface area contributed by atoms with Gasteiger partial charge in [-0.05, 0) is 19.3 Å². The summed E-state index contributed by atoms with van der Waals surface area (Å²) in [5.74, 6) is 0. The maximum absolute atomic E-state index is 13.2. The molecule has 0 atom stereocenters. The first-order chi connectivity index (χ1) is 21.7. The van der Waals surface area contributed by atoms with Crippen molar-refractivity contribution < 1.29 is 13.6 Å². The van der Waals surface area contributed by atoms with Crippen LogP contribution in [0.5, 0.6) is 0 Å². The number of rotatable bonds is 39. The minimum atomic E-state index is -2.92. The van der Waals surface area contributed by atoms with E-state index in [0.717, 1.165) is 25.7 Å². The normalized spacial score (nSPS) is 12.0. The van der Waals surface area contributed by atoms with E-state index in [-0.39, 0.29) is 0 Å². The summed E-state index contributed by atoms with van der Waals surface area (Å²) in [6.45, 7) is 7.93. The van der Waals surface area contributed by atoms with Crippen LogP contribution in [0.1, 0.15) is 239 Å². The third-order valence-corrected chi connectivity index (χ3v) is 11.4. The molecule has 0 aromatic heterocycles. The van der Waals surface area contributed by atoms with E-state index in [0.29, 0.717) is 19.4 Å². The van der Waals surface area contributed by atoms with Crippen molar-refractivity contribution >= 4 is 7.60 Å². The van der Waals surface area contributed by atoms with Crippen LogP contribution < -0.4 is 0 Å². The molecule has 0 heterocycles. The van der Waals surface area contributed by atoms with Gasteiger partial charge in [-0.25, -0.2) is 0 Å². The molecule has 0 bridgehead atoms. The Bertz CT molecular complexity index is 525. The Morgan fingerprint density at radius 3 is 0.727 bits per heavy atom. The van der Waals surface area contributed by atoms with E-state index in [2.05, 4.69) is 20.8 Å². The highest BCUT2D eigenvalue weighted by Gasteiger charge is 2.23. The molecule has 266 valence electrons. The molecule has 0 aliphatic carbocycles. The topological polar surface area (TPSA) is 35.5 Å². The van der Waals surface area contributed by atoms with Crippen LogP contribution in [0.4, 0.5) is 0 Å². The van der Waals surface area contributed by atoms with Crippen LogP contribution in [0.15, 0.2) is 0 Å². The van der Waals surface area contributed by atoms with E-state index in [4.69, 9.17) is 9.05 Å². The monoisotopic (exact) mass is 643 g/mol. The lowest BCUT2D eigenvalue weighted by molar-refractivity contribution is 0.197. The van der Waals surface area contributed by atoms with Crippen LogP contribution in [0.25, 0.3) is 0 Å². The standard InChI is InChI=1S/C40H83O3P/c1-4-7-10-12-14-16-18-20-22-24-26-28-30-32-34-36-38-42-44(41,40-9-6-3)43-39-37-35-33-31-29-27-25-23-21-19-17-15-13-11-8-5-2/h4-40H2,1-3H3. The van der Waals surface area contributed by atoms with E-state index in [1.54, 1.807) is 0 Å². The quantitative estimate of drug-likeness (QED) is 0.0494. The highest BCUT2D eigenvalue weighted by atomic mass is 31.2. The van der Waals surface area contributed by atoms with Crippen molar-refractivity contribution in [2.75, 3.05) is 19.4 Å². The fraction of sp³-hybridized carbons (Fsp3) is 1.00. The third-order valence-electron chi connectivity index (χ3n) is 9.36. The summed E-state index contributed by atoms with van der Waals surface area (Å²) in [5.41, 5.74) is 0. The maximum atomic E-state index is 13.2. The molecule has 4 heteroatoms. The van der Waals surface area contributed by atoms with Gasteiger partial charge in [0.1, 0.15) is 0 Å². The van der Waals surface area contributed by atoms with E-state index >= 15 is 0 Å². The molecule has 0 spiro atoms. The lowest BCUT2D eigenvalue weighted by Gasteiger charge is -2.18. The maximum Gasteiger partial charge on any atom is 0.330 e. The van der Waals surface area contributed by atoms with E-state index in [1.165, 1.54) is 193 Å². The summed E-state index contributed by atoms with van der Waals surface area (Å²) >= 11 is 0. The molecule has 0 fully saturated rings. The zero-order chi connectivity index (χ0) is 32.1. The van der Waals surface area contributed by atoms with Crippen molar-refractivity contribution in [2.45, 2.75) is 239 Å². The van der Waals surface area contributed by atoms with Crippen molar-refractivity contribution in [3.63, 3.8) is 0 Å². The molecule has 0 N–H and O–H groups in total. The molecule has 0 radical (unpaired) electrons. The molecule has 0 rings (SSSR count). The van der Waals surface area contributed by atoms with Gasteiger partial charge in [0.25, 0.3) is 0 Å². The predicted octanol–water partition coefficient (Wildman–Crippen LogP) is 15.5. The van der Waals surface area contributed by atoms with Gasteiger partial charge in [0, 0.05) is 0 Å². The Labute approximate surface area is 279 Å². The largest absolute Gasteiger partial charge is 0.330 e. The van der Waals surface area contributed by atoms with Crippen molar-refractivity contribution in [3.05, 3.63) is 0 Å². The molecule has 44 heavy (non-hydrogen) atoms. The van der Waals surface area contributed by atoms with Gasteiger partial charge < -0.3 is 9.05 Å². The van der Waals surface area contributed by atoms with Gasteiger partial charge in [0.05, 0.1) is 19.4 Å². The van der Waals surface area contributed by atoms with E-state index in [9.17, 15) is 4.57 Å². The molecule has 0 aliphatic rings. The molecule has 0 aromatic rings. The van der Waals surface area contributed by atoms with Crippen molar-refractivity contribution in [1.29, 1.82) is 0 Å². The first-order valence-electron chi connectivity index (χ1n) is 20.6. The van der Waals surface area contributed by atoms with Gasteiger partial charge in [0.15, 0.2) is 0 Å². The van der Waals surface area contributed by atoms with Gasteiger partial charge >= 0.3 is 7.60 Å². The predicted molar refractivity (Wildman–Crippen MR) is 198 cm³/mol. The lowest BCUT2D eigenvalue weighted by Crippen LogP contribution is -2.03. The summed E-state index contributed by atoms with van der Waals surface area (Å²) in [6.07, 6.45) is 46.2. The molecule has 0 aromatic carbocycles. The fourth-order valence-electron chi connectivity index (χ4n) is 6.23. The summed E-state index contributed by atoms with van der Waals surface area (Å²) in [7, 11) is -2.92. The van der Waals surface area contributed by atoms with Crippen LogP contribution >= 0.6 is 7.60 Å². The smallest absolute Gasteiger partial charge is 0.309 e. The third kappa shape index (κ3) is 35.0. The molecule has 0 amide bonds. The van der Waals surface area contributed by atoms with Crippen LogP contribution in [-0.4, -0.2) is 19.4 Å². The first kappa shape index (κ1) is 44.1. The second-order valence-electron chi connectivity index (χ2n) is 14.0. The highest BCUT2D eigenvalue weighted by molar-refractivity contribution is 7.53. The van der Waals surface area contributed by atoms with Crippen LogP contribution in [0.3, 0.4) is 0 Å². The Morgan fingerprint density at radius 1 is 0.295 bits per heavy atom. The molecular weight excluding hydrogens is 559 g/mol. The molecule has 0 aliphatic heterocycles. The van der Waals surface area contributed by atoms with Gasteiger partial charge in [-0.15, -0.1) is 0 Å². The summed E-state index contributed by atoms with van der Waals surface area (Å²) in [5, 5.41) is 0. The molecule has 3 nitrogen and oxygen atoms in total. The second kappa shape index (κ2) is 37.6. The summed E-state index contributed by atoms with van der Waals surface area (Å²) in [4.78, 5) is 0. The van der Waals surface area contributed by atoms with Gasteiger partial charge in [-0.1, -0.05) is 220 Å². The Morgan fingerprint density at radius 2 is 0.500 bits per heavy atom. The lowest BCUT2D eigenvalue weighted by atomic mass is 10.0. The summed E-state index contributed by atoms with van der Waals surface area (Å²) in [6, 6.07) is 0. The average Bonchev–Trinajstić information content (AvgIpc) is 3.03. The minimum absolute atomic E-state index is 0.585. The zero-order valence-corrected chi connectivity index (χ0v) is 31.7. The van der Waals surface area contributed by atoms with E-state index < -0.39 is 7.60 Å². The van der Waals surface area contributed by atoms with Crippen molar-refractivity contribution in [2.24, 2.45) is 0 Å². The van der Waals surface area contributed by atoms with Crippen LogP contribution in [0.2, 0.25) is 0 Å². The molecule has 0 saturated heterocycles. The summed E-state index contributed by atoms with van der Waals surface area (Å²) < 4.78 is 25.1. The fourth-order valence-corrected chi connectivity index (χ4v) is 8.08. The molecule has 0 saturated carbocycles. The van der Waals surface area contributed by atoms with Crippen molar-refractivity contribution in [1.82, 2.24) is 0 Å². The average molecular weight is 643 g/mol. The second-order valence-corrected chi connectivity index (χ2v) is 16.1. The van der Waals surface area contributed by atoms with Gasteiger partial charge in [0.2, 0.25) is 0 Å². The van der Waals surface area contributed by atoms with Gasteiger partial charge in [-0.3, -0.25) is 4.57 Å². The van der Waals surface area contributed by atoms with E-state index in [1.807, 2.05) is 0 Å². The first-order valence-corrected chi connectivity index (χ1v) is 22.3. The van der Waals surface area contributed by atoms with Crippen LogP contribution in [0, 0.1) is 0 Å². The minimum Gasteiger partial charge on any atom is -0.309 e. The SMILES string of the molecule is CCCCCCCCCCCCCCCCCCOP(=O)(CCCC)OCCCCCCCCCCCCCCCCCC. The Hall–Kier alpha value is 0.150. The molecule has 0 unspecified atom stereocenters. The Balaban J connectivity index is 3.57. The van der Waals surface area contributed by atoms with Gasteiger partial charge in [-0.2, -0.15) is 0 Å². The van der Waals surface area contributed by atoms with Crippen molar-refractivity contribution in [3.8, 4) is 0 Å². The van der Waals surface area contributed by atoms with Crippen LogP contribution in [-0.2, 0) is 13.6 Å². The zero-order valence-electron chi connectivity index (χ0n) is 30.8. The Kier molecular flexibility index (Phi) is 37.7.